The van der Waals surface area contributed by atoms with E-state index in [9.17, 15) is 0 Å². The molecule has 1 atom stereocenters. The summed E-state index contributed by atoms with van der Waals surface area (Å²) in [5.74, 6) is 2.01. The van der Waals surface area contributed by atoms with E-state index in [0.29, 0.717) is 0 Å². The normalized spacial score (nSPS) is 28.6. The zero-order chi connectivity index (χ0) is 9.86. The first kappa shape index (κ1) is 10.6. The molecule has 0 aromatic heterocycles. The van der Waals surface area contributed by atoms with Gasteiger partial charge in [0, 0.05) is 13.1 Å². The van der Waals surface area contributed by atoms with Crippen molar-refractivity contribution < 1.29 is 4.74 Å². The number of hydrogen-bond acceptors (Lipinski definition) is 3. The van der Waals surface area contributed by atoms with Crippen molar-refractivity contribution >= 4 is 8.73 Å². The Morgan fingerprint density at radius 1 is 1.43 bits per heavy atom. The van der Waals surface area contributed by atoms with Gasteiger partial charge in [-0.1, -0.05) is 12.4 Å². The quantitative estimate of drug-likeness (QED) is 0.698. The van der Waals surface area contributed by atoms with Crippen LogP contribution in [0, 0.1) is 0 Å². The molecule has 0 saturated carbocycles. The fourth-order valence-corrected chi connectivity index (χ4v) is 3.13. The first-order chi connectivity index (χ1) is 6.85. The molecule has 2 saturated heterocycles. The summed E-state index contributed by atoms with van der Waals surface area (Å²) < 4.78 is 8.45. The van der Waals surface area contributed by atoms with Crippen molar-refractivity contribution in [3.63, 3.8) is 0 Å². The van der Waals surface area contributed by atoms with Crippen molar-refractivity contribution in [1.82, 2.24) is 9.99 Å². The fraction of sp³-hybridized carbons (Fsp3) is 0.800. The topological polar surface area (TPSA) is 24.5 Å². The van der Waals surface area contributed by atoms with E-state index >= 15 is 0 Å². The van der Waals surface area contributed by atoms with Gasteiger partial charge in [-0.2, -0.15) is 0 Å². The Kier molecular flexibility index (Phi) is 3.56. The minimum absolute atomic E-state index is 0.152. The standard InChI is InChI=1S/C10H19N2OP/c1-2-14-12-7-8-13-10(9-12)3-5-11-6-4-10/h2,11,14H,1,3-9H2. The number of nitrogens with one attached hydrogen (secondary N) is 1. The molecule has 2 aliphatic heterocycles. The van der Waals surface area contributed by atoms with Crippen LogP contribution in [0.4, 0.5) is 0 Å². The van der Waals surface area contributed by atoms with Gasteiger partial charge in [-0.05, 0) is 34.7 Å². The molecule has 2 rings (SSSR count). The molecule has 1 unspecified atom stereocenters. The van der Waals surface area contributed by atoms with Gasteiger partial charge in [-0.25, -0.2) is 0 Å². The third kappa shape index (κ3) is 2.34. The van der Waals surface area contributed by atoms with Crippen LogP contribution in [-0.2, 0) is 4.74 Å². The molecule has 2 aliphatic rings. The molecule has 0 bridgehead atoms. The second kappa shape index (κ2) is 4.71. The lowest BCUT2D eigenvalue weighted by Gasteiger charge is -2.44. The molecular weight excluding hydrogens is 195 g/mol. The van der Waals surface area contributed by atoms with E-state index in [1.165, 1.54) is 0 Å². The molecule has 2 fully saturated rings. The van der Waals surface area contributed by atoms with Crippen LogP contribution in [0.5, 0.6) is 0 Å². The molecule has 14 heavy (non-hydrogen) atoms. The first-order valence-electron chi connectivity index (χ1n) is 5.31. The van der Waals surface area contributed by atoms with E-state index < -0.39 is 0 Å². The second-order valence-corrected chi connectivity index (χ2v) is 5.34. The average Bonchev–Trinajstić information content (AvgIpc) is 2.19. The molecule has 0 radical (unpaired) electrons. The van der Waals surface area contributed by atoms with Crippen molar-refractivity contribution in [3.05, 3.63) is 12.4 Å². The number of hydrogen-bond donors (Lipinski definition) is 1. The molecule has 1 spiro atoms. The van der Waals surface area contributed by atoms with Crippen molar-refractivity contribution in [1.29, 1.82) is 0 Å². The summed E-state index contributed by atoms with van der Waals surface area (Å²) >= 11 is 0. The van der Waals surface area contributed by atoms with E-state index in [0.717, 1.165) is 54.4 Å². The molecule has 4 heteroatoms. The smallest absolute Gasteiger partial charge is 0.0836 e. The van der Waals surface area contributed by atoms with Crippen LogP contribution in [0.1, 0.15) is 12.8 Å². The van der Waals surface area contributed by atoms with Crippen LogP contribution in [-0.4, -0.2) is 43.1 Å². The van der Waals surface area contributed by atoms with Crippen molar-refractivity contribution in [3.8, 4) is 0 Å². The molecule has 0 aliphatic carbocycles. The summed E-state index contributed by atoms with van der Waals surface area (Å²) in [6.07, 6.45) is 2.32. The molecule has 3 nitrogen and oxygen atoms in total. The van der Waals surface area contributed by atoms with Crippen LogP contribution in [0.2, 0.25) is 0 Å². The monoisotopic (exact) mass is 214 g/mol. The number of morpholine rings is 1. The summed E-state index contributed by atoms with van der Waals surface area (Å²) in [7, 11) is 0.759. The molecule has 0 aromatic carbocycles. The highest BCUT2D eigenvalue weighted by Gasteiger charge is 2.37. The van der Waals surface area contributed by atoms with Gasteiger partial charge >= 0.3 is 0 Å². The number of nitrogens with zero attached hydrogens (tertiary/aromatic N) is 1. The zero-order valence-electron chi connectivity index (χ0n) is 8.59. The van der Waals surface area contributed by atoms with Gasteiger partial charge in [-0.15, -0.1) is 0 Å². The molecule has 1 N–H and O–H groups in total. The van der Waals surface area contributed by atoms with E-state index in [2.05, 4.69) is 16.6 Å². The van der Waals surface area contributed by atoms with Crippen LogP contribution in [0.15, 0.2) is 12.4 Å². The Labute approximate surface area is 87.7 Å². The van der Waals surface area contributed by atoms with Gasteiger partial charge < -0.3 is 10.1 Å². The number of rotatable bonds is 2. The Hall–Kier alpha value is 0.0500. The predicted molar refractivity (Wildman–Crippen MR) is 60.9 cm³/mol. The van der Waals surface area contributed by atoms with Crippen LogP contribution >= 0.6 is 8.73 Å². The highest BCUT2D eigenvalue weighted by atomic mass is 31.1. The van der Waals surface area contributed by atoms with Crippen molar-refractivity contribution in [2.24, 2.45) is 0 Å². The maximum atomic E-state index is 5.97. The largest absolute Gasteiger partial charge is 0.372 e. The van der Waals surface area contributed by atoms with Crippen LogP contribution < -0.4 is 5.32 Å². The summed E-state index contributed by atoms with van der Waals surface area (Å²) in [5.41, 5.74) is 0.152. The lowest BCUT2D eigenvalue weighted by Crippen LogP contribution is -2.54. The van der Waals surface area contributed by atoms with Gasteiger partial charge in [0.2, 0.25) is 0 Å². The Morgan fingerprint density at radius 3 is 2.93 bits per heavy atom. The van der Waals surface area contributed by atoms with Gasteiger partial charge in [0.05, 0.1) is 12.2 Å². The summed E-state index contributed by atoms with van der Waals surface area (Å²) in [6, 6.07) is 0. The summed E-state index contributed by atoms with van der Waals surface area (Å²) in [4.78, 5) is 0. The molecule has 80 valence electrons. The third-order valence-corrected chi connectivity index (χ3v) is 3.97. The molecular formula is C10H19N2OP. The number of piperidine rings is 1. The average molecular weight is 214 g/mol. The lowest BCUT2D eigenvalue weighted by atomic mass is 9.91. The minimum Gasteiger partial charge on any atom is -0.372 e. The summed E-state index contributed by atoms with van der Waals surface area (Å²) in [5, 5.41) is 3.39. The van der Waals surface area contributed by atoms with E-state index in [1.807, 2.05) is 5.82 Å². The third-order valence-electron chi connectivity index (χ3n) is 3.04. The number of ether oxygens (including phenoxy) is 1. The summed E-state index contributed by atoms with van der Waals surface area (Å²) in [6.45, 7) is 9.07. The molecule has 2 heterocycles. The van der Waals surface area contributed by atoms with E-state index in [4.69, 9.17) is 4.74 Å². The van der Waals surface area contributed by atoms with Gasteiger partial charge in [-0.3, -0.25) is 4.67 Å². The highest BCUT2D eigenvalue weighted by Crippen LogP contribution is 2.32. The Bertz CT molecular complexity index is 199. The SMILES string of the molecule is C=CPN1CCOC2(CCNCC2)C1. The molecule has 0 amide bonds. The van der Waals surface area contributed by atoms with Gasteiger partial charge in [0.15, 0.2) is 0 Å². The first-order valence-corrected chi connectivity index (χ1v) is 6.34. The van der Waals surface area contributed by atoms with E-state index in [-0.39, 0.29) is 5.60 Å². The highest BCUT2D eigenvalue weighted by molar-refractivity contribution is 7.38. The maximum Gasteiger partial charge on any atom is 0.0836 e. The van der Waals surface area contributed by atoms with Crippen molar-refractivity contribution in [2.75, 3.05) is 32.8 Å². The van der Waals surface area contributed by atoms with E-state index in [1.54, 1.807) is 0 Å². The van der Waals surface area contributed by atoms with Crippen LogP contribution in [0.25, 0.3) is 0 Å². The minimum atomic E-state index is 0.152. The maximum absolute atomic E-state index is 5.97. The van der Waals surface area contributed by atoms with Gasteiger partial charge in [0.25, 0.3) is 0 Å². The lowest BCUT2D eigenvalue weighted by molar-refractivity contribution is -0.104. The van der Waals surface area contributed by atoms with Gasteiger partial charge in [0.1, 0.15) is 0 Å². The molecule has 0 aromatic rings. The van der Waals surface area contributed by atoms with Crippen molar-refractivity contribution in [2.45, 2.75) is 18.4 Å². The zero-order valence-corrected chi connectivity index (χ0v) is 9.59. The predicted octanol–water partition coefficient (Wildman–Crippen LogP) is 1.18. The Morgan fingerprint density at radius 2 is 2.21 bits per heavy atom. The van der Waals surface area contributed by atoms with Crippen LogP contribution in [0.3, 0.4) is 0 Å². The second-order valence-electron chi connectivity index (χ2n) is 4.04. The fourth-order valence-electron chi connectivity index (χ4n) is 2.27. The Balaban J connectivity index is 1.94.